The van der Waals surface area contributed by atoms with Gasteiger partial charge in [-0.3, -0.25) is 14.0 Å². The molecule has 0 spiro atoms. The van der Waals surface area contributed by atoms with E-state index in [2.05, 4.69) is 0 Å². The lowest BCUT2D eigenvalue weighted by atomic mass is 9.77. The van der Waals surface area contributed by atoms with Crippen LogP contribution in [-0.4, -0.2) is 30.3 Å². The van der Waals surface area contributed by atoms with E-state index in [1.54, 1.807) is 37.3 Å². The number of carboxylic acids is 1. The average molecular weight is 282 g/mol. The predicted octanol–water partition coefficient (Wildman–Crippen LogP) is 2.61. The first kappa shape index (κ1) is 16.1. The SMILES string of the molecule is CCOC(=O)C(CCCF)(Cc1ccccc1)C(=O)O. The van der Waals surface area contributed by atoms with Gasteiger partial charge in [-0.1, -0.05) is 30.3 Å². The molecule has 0 fully saturated rings. The Hall–Kier alpha value is -1.91. The molecule has 0 aliphatic rings. The van der Waals surface area contributed by atoms with Gasteiger partial charge in [0.25, 0.3) is 0 Å². The van der Waals surface area contributed by atoms with Crippen molar-refractivity contribution >= 4 is 11.9 Å². The van der Waals surface area contributed by atoms with Gasteiger partial charge in [0.05, 0.1) is 13.3 Å². The molecule has 1 aromatic carbocycles. The van der Waals surface area contributed by atoms with Crippen molar-refractivity contribution in [2.24, 2.45) is 5.41 Å². The minimum atomic E-state index is -1.72. The van der Waals surface area contributed by atoms with Crippen molar-refractivity contribution in [3.05, 3.63) is 35.9 Å². The van der Waals surface area contributed by atoms with E-state index in [4.69, 9.17) is 4.74 Å². The van der Waals surface area contributed by atoms with E-state index < -0.39 is 24.0 Å². The molecule has 0 aliphatic carbocycles. The molecule has 4 nitrogen and oxygen atoms in total. The number of rotatable bonds is 8. The lowest BCUT2D eigenvalue weighted by Crippen LogP contribution is -2.43. The summed E-state index contributed by atoms with van der Waals surface area (Å²) in [6, 6.07) is 8.82. The number of ether oxygens (including phenoxy) is 1. The van der Waals surface area contributed by atoms with Gasteiger partial charge >= 0.3 is 11.9 Å². The van der Waals surface area contributed by atoms with Crippen LogP contribution >= 0.6 is 0 Å². The highest BCUT2D eigenvalue weighted by molar-refractivity contribution is 5.99. The van der Waals surface area contributed by atoms with Gasteiger partial charge in [0.2, 0.25) is 0 Å². The minimum Gasteiger partial charge on any atom is -0.480 e. The first-order valence-electron chi connectivity index (χ1n) is 6.57. The largest absolute Gasteiger partial charge is 0.480 e. The fourth-order valence-electron chi connectivity index (χ4n) is 2.11. The highest BCUT2D eigenvalue weighted by atomic mass is 19.1. The predicted molar refractivity (Wildman–Crippen MR) is 72.1 cm³/mol. The van der Waals surface area contributed by atoms with Gasteiger partial charge in [-0.05, 0) is 31.7 Å². The average Bonchev–Trinajstić information content (AvgIpc) is 2.44. The Morgan fingerprint density at radius 2 is 1.95 bits per heavy atom. The molecule has 1 aromatic rings. The molecule has 1 rings (SSSR count). The Bertz CT molecular complexity index is 446. The molecule has 0 bridgehead atoms. The molecule has 1 unspecified atom stereocenters. The van der Waals surface area contributed by atoms with Crippen LogP contribution in [0.5, 0.6) is 0 Å². The Kier molecular flexibility index (Phi) is 6.15. The van der Waals surface area contributed by atoms with Crippen molar-refractivity contribution < 1.29 is 23.8 Å². The van der Waals surface area contributed by atoms with Crippen LogP contribution in [0, 0.1) is 5.41 Å². The number of carbonyl (C=O) groups excluding carboxylic acids is 1. The van der Waals surface area contributed by atoms with Gasteiger partial charge in [0.1, 0.15) is 0 Å². The van der Waals surface area contributed by atoms with Crippen LogP contribution in [0.3, 0.4) is 0 Å². The zero-order valence-corrected chi connectivity index (χ0v) is 11.5. The molecule has 110 valence electrons. The summed E-state index contributed by atoms with van der Waals surface area (Å²) in [6.45, 7) is 1.05. The second kappa shape index (κ2) is 7.62. The second-order valence-electron chi connectivity index (χ2n) is 4.56. The van der Waals surface area contributed by atoms with Crippen LogP contribution in [0.2, 0.25) is 0 Å². The summed E-state index contributed by atoms with van der Waals surface area (Å²) in [5.41, 5.74) is -1.01. The van der Waals surface area contributed by atoms with Crippen molar-refractivity contribution in [3.63, 3.8) is 0 Å². The van der Waals surface area contributed by atoms with E-state index in [1.807, 2.05) is 0 Å². The monoisotopic (exact) mass is 282 g/mol. The van der Waals surface area contributed by atoms with Crippen LogP contribution in [0.4, 0.5) is 4.39 Å². The van der Waals surface area contributed by atoms with Crippen LogP contribution in [-0.2, 0) is 20.7 Å². The topological polar surface area (TPSA) is 63.6 Å². The van der Waals surface area contributed by atoms with E-state index >= 15 is 0 Å². The molecule has 5 heteroatoms. The zero-order valence-electron chi connectivity index (χ0n) is 11.5. The summed E-state index contributed by atoms with van der Waals surface area (Å²) >= 11 is 0. The molecular weight excluding hydrogens is 263 g/mol. The van der Waals surface area contributed by atoms with Crippen LogP contribution in [0.1, 0.15) is 25.3 Å². The van der Waals surface area contributed by atoms with Crippen molar-refractivity contribution in [2.45, 2.75) is 26.2 Å². The number of halogens is 1. The molecule has 0 aromatic heterocycles. The molecule has 1 atom stereocenters. The number of benzene rings is 1. The summed E-state index contributed by atoms with van der Waals surface area (Å²) in [5.74, 6) is -2.07. The van der Waals surface area contributed by atoms with Gasteiger partial charge in [-0.2, -0.15) is 0 Å². The van der Waals surface area contributed by atoms with Gasteiger partial charge in [-0.15, -0.1) is 0 Å². The third kappa shape index (κ3) is 3.79. The molecule has 1 N–H and O–H groups in total. The smallest absolute Gasteiger partial charge is 0.323 e. The van der Waals surface area contributed by atoms with E-state index in [9.17, 15) is 19.1 Å². The Morgan fingerprint density at radius 1 is 1.30 bits per heavy atom. The highest BCUT2D eigenvalue weighted by Crippen LogP contribution is 2.31. The lowest BCUT2D eigenvalue weighted by molar-refractivity contribution is -0.169. The van der Waals surface area contributed by atoms with Gasteiger partial charge in [0, 0.05) is 0 Å². The standard InChI is InChI=1S/C15H19FO4/c1-2-20-14(19)15(13(17)18,9-6-10-16)11-12-7-4-3-5-8-12/h3-5,7-8H,2,6,9-11H2,1H3,(H,17,18). The quantitative estimate of drug-likeness (QED) is 0.588. The summed E-state index contributed by atoms with van der Waals surface area (Å²) in [5, 5.41) is 9.49. The Labute approximate surface area is 117 Å². The molecule has 0 saturated carbocycles. The molecule has 0 heterocycles. The van der Waals surface area contributed by atoms with Gasteiger partial charge in [-0.25, -0.2) is 0 Å². The van der Waals surface area contributed by atoms with Crippen molar-refractivity contribution in [2.75, 3.05) is 13.3 Å². The van der Waals surface area contributed by atoms with Crippen LogP contribution in [0.25, 0.3) is 0 Å². The molecule has 0 amide bonds. The molecule has 0 radical (unpaired) electrons. The Balaban J connectivity index is 3.08. The lowest BCUT2D eigenvalue weighted by Gasteiger charge is -2.27. The van der Waals surface area contributed by atoms with E-state index in [0.29, 0.717) is 5.56 Å². The normalized spacial score (nSPS) is 13.5. The summed E-state index contributed by atoms with van der Waals surface area (Å²) in [7, 11) is 0. The minimum absolute atomic E-state index is 0.00199. The zero-order chi connectivity index (χ0) is 15.0. The van der Waals surface area contributed by atoms with Crippen LogP contribution in [0.15, 0.2) is 30.3 Å². The highest BCUT2D eigenvalue weighted by Gasteiger charge is 2.47. The number of hydrogen-bond acceptors (Lipinski definition) is 3. The maximum Gasteiger partial charge on any atom is 0.323 e. The molecule has 0 aliphatic heterocycles. The van der Waals surface area contributed by atoms with E-state index in [1.165, 1.54) is 0 Å². The van der Waals surface area contributed by atoms with E-state index in [0.717, 1.165) is 0 Å². The first-order valence-corrected chi connectivity index (χ1v) is 6.57. The number of aliphatic carboxylic acids is 1. The molecular formula is C15H19FO4. The van der Waals surface area contributed by atoms with Crippen molar-refractivity contribution in [1.29, 1.82) is 0 Å². The third-order valence-electron chi connectivity index (χ3n) is 3.16. The maximum absolute atomic E-state index is 12.4. The number of carboxylic acid groups (broad SMARTS) is 1. The van der Waals surface area contributed by atoms with Gasteiger partial charge < -0.3 is 9.84 Å². The number of hydrogen-bond donors (Lipinski definition) is 1. The molecule has 20 heavy (non-hydrogen) atoms. The number of esters is 1. The van der Waals surface area contributed by atoms with Crippen LogP contribution < -0.4 is 0 Å². The first-order chi connectivity index (χ1) is 9.56. The van der Waals surface area contributed by atoms with Crippen molar-refractivity contribution in [1.82, 2.24) is 0 Å². The fraction of sp³-hybridized carbons (Fsp3) is 0.467. The second-order valence-corrected chi connectivity index (χ2v) is 4.56. The van der Waals surface area contributed by atoms with E-state index in [-0.39, 0.29) is 25.9 Å². The number of carbonyl (C=O) groups is 2. The maximum atomic E-state index is 12.4. The van der Waals surface area contributed by atoms with Gasteiger partial charge in [0.15, 0.2) is 5.41 Å². The fourth-order valence-corrected chi connectivity index (χ4v) is 2.11. The Morgan fingerprint density at radius 3 is 2.45 bits per heavy atom. The summed E-state index contributed by atoms with van der Waals surface area (Å²) < 4.78 is 17.3. The summed E-state index contributed by atoms with van der Waals surface area (Å²) in [6.07, 6.45) is -0.0630. The summed E-state index contributed by atoms with van der Waals surface area (Å²) in [4.78, 5) is 23.7. The number of alkyl halides is 1. The van der Waals surface area contributed by atoms with Crippen molar-refractivity contribution in [3.8, 4) is 0 Å². The molecule has 0 saturated heterocycles. The third-order valence-corrected chi connectivity index (χ3v) is 3.16.